The molecule has 1 aromatic carbocycles. The largest absolute Gasteiger partial charge is 0.330 e. The quantitative estimate of drug-likeness (QED) is 0.559. The highest BCUT2D eigenvalue weighted by Crippen LogP contribution is 2.15. The van der Waals surface area contributed by atoms with E-state index in [9.17, 15) is 0 Å². The van der Waals surface area contributed by atoms with Crippen LogP contribution in [0.15, 0.2) is 42.5 Å². The number of allylic oxidation sites excluding steroid dienone is 2. The Morgan fingerprint density at radius 2 is 2.00 bits per heavy atom. The summed E-state index contributed by atoms with van der Waals surface area (Å²) in [5.74, 6) is 0.508. The van der Waals surface area contributed by atoms with Gasteiger partial charge in [-0.2, -0.15) is 0 Å². The Hall–Kier alpha value is -1.08. The van der Waals surface area contributed by atoms with E-state index in [1.807, 2.05) is 6.07 Å². The average molecular weight is 189 g/mol. The van der Waals surface area contributed by atoms with Gasteiger partial charge in [0.1, 0.15) is 0 Å². The first-order valence-electron chi connectivity index (χ1n) is 5.26. The average Bonchev–Trinajstić information content (AvgIpc) is 2.25. The number of rotatable bonds is 5. The number of hydrogen-bond donors (Lipinski definition) is 1. The molecular weight excluding hydrogens is 170 g/mol. The fraction of sp³-hybridized carbons (Fsp3) is 0.385. The van der Waals surface area contributed by atoms with Crippen molar-refractivity contribution in [2.45, 2.75) is 25.7 Å². The van der Waals surface area contributed by atoms with E-state index in [2.05, 4.69) is 43.3 Å². The van der Waals surface area contributed by atoms with E-state index in [-0.39, 0.29) is 0 Å². The molecule has 0 bridgehead atoms. The first-order chi connectivity index (χ1) is 6.84. The van der Waals surface area contributed by atoms with Crippen LogP contribution in [0.25, 0.3) is 0 Å². The standard InChI is InChI=1S/C13H19N/c1-12(8-4-3-7-11-14)13-9-5-2-6-10-13/h2,4-6,8-10,12H,3,7,11,14H2,1H3/b8-4-. The summed E-state index contributed by atoms with van der Waals surface area (Å²) in [7, 11) is 0. The summed E-state index contributed by atoms with van der Waals surface area (Å²) in [4.78, 5) is 0. The van der Waals surface area contributed by atoms with Gasteiger partial charge in [0.05, 0.1) is 0 Å². The second-order valence-electron chi connectivity index (χ2n) is 3.56. The summed E-state index contributed by atoms with van der Waals surface area (Å²) in [5.41, 5.74) is 6.79. The molecule has 1 heteroatoms. The van der Waals surface area contributed by atoms with Gasteiger partial charge in [-0.25, -0.2) is 0 Å². The normalized spacial score (nSPS) is 13.3. The minimum Gasteiger partial charge on any atom is -0.330 e. The molecule has 76 valence electrons. The maximum absolute atomic E-state index is 5.42. The van der Waals surface area contributed by atoms with E-state index in [0.29, 0.717) is 5.92 Å². The zero-order valence-electron chi connectivity index (χ0n) is 8.82. The molecule has 1 aromatic rings. The van der Waals surface area contributed by atoms with Crippen molar-refractivity contribution in [1.29, 1.82) is 0 Å². The molecule has 0 amide bonds. The second-order valence-corrected chi connectivity index (χ2v) is 3.56. The van der Waals surface area contributed by atoms with Crippen molar-refractivity contribution in [3.05, 3.63) is 48.0 Å². The van der Waals surface area contributed by atoms with Crippen LogP contribution >= 0.6 is 0 Å². The molecule has 1 unspecified atom stereocenters. The summed E-state index contributed by atoms with van der Waals surface area (Å²) < 4.78 is 0. The van der Waals surface area contributed by atoms with E-state index in [1.165, 1.54) is 5.56 Å². The lowest BCUT2D eigenvalue weighted by atomic mass is 10.0. The van der Waals surface area contributed by atoms with E-state index in [1.54, 1.807) is 0 Å². The molecule has 0 heterocycles. The fourth-order valence-corrected chi connectivity index (χ4v) is 1.40. The van der Waals surface area contributed by atoms with Crippen LogP contribution in [0.4, 0.5) is 0 Å². The number of nitrogens with two attached hydrogens (primary N) is 1. The van der Waals surface area contributed by atoms with Crippen LogP contribution in [0, 0.1) is 0 Å². The van der Waals surface area contributed by atoms with E-state index in [4.69, 9.17) is 5.73 Å². The van der Waals surface area contributed by atoms with Crippen molar-refractivity contribution in [1.82, 2.24) is 0 Å². The molecule has 0 aliphatic heterocycles. The van der Waals surface area contributed by atoms with Gasteiger partial charge >= 0.3 is 0 Å². The molecule has 0 spiro atoms. The van der Waals surface area contributed by atoms with Crippen LogP contribution in [-0.2, 0) is 0 Å². The Kier molecular flexibility index (Phi) is 5.02. The number of hydrogen-bond acceptors (Lipinski definition) is 1. The first kappa shape index (κ1) is 11.0. The molecule has 0 fully saturated rings. The molecule has 1 atom stereocenters. The Morgan fingerprint density at radius 1 is 1.29 bits per heavy atom. The van der Waals surface area contributed by atoms with Gasteiger partial charge in [0.2, 0.25) is 0 Å². The maximum atomic E-state index is 5.42. The predicted octanol–water partition coefficient (Wildman–Crippen LogP) is 3.09. The smallest absolute Gasteiger partial charge is 0.00104 e. The van der Waals surface area contributed by atoms with Gasteiger partial charge < -0.3 is 5.73 Å². The number of unbranched alkanes of at least 4 members (excludes halogenated alkanes) is 1. The number of benzene rings is 1. The molecule has 0 aromatic heterocycles. The van der Waals surface area contributed by atoms with Crippen molar-refractivity contribution < 1.29 is 0 Å². The van der Waals surface area contributed by atoms with Crippen LogP contribution in [0.5, 0.6) is 0 Å². The van der Waals surface area contributed by atoms with Gasteiger partial charge in [-0.15, -0.1) is 0 Å². The summed E-state index contributed by atoms with van der Waals surface area (Å²) in [6, 6.07) is 10.5. The lowest BCUT2D eigenvalue weighted by molar-refractivity contribution is 0.845. The topological polar surface area (TPSA) is 26.0 Å². The van der Waals surface area contributed by atoms with Crippen LogP contribution < -0.4 is 5.73 Å². The van der Waals surface area contributed by atoms with Gasteiger partial charge in [-0.3, -0.25) is 0 Å². The molecule has 0 saturated heterocycles. The Labute approximate surface area is 86.6 Å². The first-order valence-corrected chi connectivity index (χ1v) is 5.26. The zero-order valence-corrected chi connectivity index (χ0v) is 8.82. The van der Waals surface area contributed by atoms with Gasteiger partial charge in [-0.05, 0) is 30.9 Å². The molecule has 0 saturated carbocycles. The van der Waals surface area contributed by atoms with Crippen molar-refractivity contribution in [3.8, 4) is 0 Å². The summed E-state index contributed by atoms with van der Waals surface area (Å²) in [6.07, 6.45) is 6.65. The van der Waals surface area contributed by atoms with E-state index >= 15 is 0 Å². The van der Waals surface area contributed by atoms with Gasteiger partial charge in [0.25, 0.3) is 0 Å². The van der Waals surface area contributed by atoms with Crippen molar-refractivity contribution in [2.75, 3.05) is 6.54 Å². The summed E-state index contributed by atoms with van der Waals surface area (Å²) in [5, 5.41) is 0. The lowest BCUT2D eigenvalue weighted by Gasteiger charge is -2.05. The van der Waals surface area contributed by atoms with Crippen molar-refractivity contribution in [3.63, 3.8) is 0 Å². The maximum Gasteiger partial charge on any atom is -0.00104 e. The Morgan fingerprint density at radius 3 is 2.64 bits per heavy atom. The second kappa shape index (κ2) is 6.39. The molecular formula is C13H19N. The Balaban J connectivity index is 2.42. The highest BCUT2D eigenvalue weighted by Gasteiger charge is 1.98. The highest BCUT2D eigenvalue weighted by molar-refractivity contribution is 5.22. The third-order valence-electron chi connectivity index (χ3n) is 2.33. The zero-order chi connectivity index (χ0) is 10.2. The van der Waals surface area contributed by atoms with Gasteiger partial charge in [-0.1, -0.05) is 49.4 Å². The SMILES string of the molecule is CC(/C=C\CCCN)c1ccccc1. The van der Waals surface area contributed by atoms with Crippen molar-refractivity contribution >= 4 is 0 Å². The molecule has 0 aliphatic rings. The van der Waals surface area contributed by atoms with Crippen molar-refractivity contribution in [2.24, 2.45) is 5.73 Å². The molecule has 1 rings (SSSR count). The molecule has 0 radical (unpaired) electrons. The molecule has 1 nitrogen and oxygen atoms in total. The summed E-state index contributed by atoms with van der Waals surface area (Å²) in [6.45, 7) is 3.00. The molecule has 0 aliphatic carbocycles. The Bertz CT molecular complexity index is 264. The van der Waals surface area contributed by atoms with Crippen LogP contribution in [0.2, 0.25) is 0 Å². The molecule has 14 heavy (non-hydrogen) atoms. The van der Waals surface area contributed by atoms with E-state index in [0.717, 1.165) is 19.4 Å². The van der Waals surface area contributed by atoms with Gasteiger partial charge in [0, 0.05) is 0 Å². The van der Waals surface area contributed by atoms with Crippen LogP contribution in [-0.4, -0.2) is 6.54 Å². The third kappa shape index (κ3) is 3.75. The van der Waals surface area contributed by atoms with Crippen LogP contribution in [0.1, 0.15) is 31.2 Å². The minimum atomic E-state index is 0.508. The highest BCUT2D eigenvalue weighted by atomic mass is 14.5. The molecule has 2 N–H and O–H groups in total. The van der Waals surface area contributed by atoms with Crippen LogP contribution in [0.3, 0.4) is 0 Å². The summed E-state index contributed by atoms with van der Waals surface area (Å²) >= 11 is 0. The lowest BCUT2D eigenvalue weighted by Crippen LogP contribution is -1.96. The van der Waals surface area contributed by atoms with E-state index < -0.39 is 0 Å². The minimum absolute atomic E-state index is 0.508. The predicted molar refractivity (Wildman–Crippen MR) is 62.3 cm³/mol. The van der Waals surface area contributed by atoms with Gasteiger partial charge in [0.15, 0.2) is 0 Å². The third-order valence-corrected chi connectivity index (χ3v) is 2.33. The monoisotopic (exact) mass is 189 g/mol. The fourth-order valence-electron chi connectivity index (χ4n) is 1.40.